The Balaban J connectivity index is 2.20. The number of nitrogens with one attached hydrogen (secondary N) is 2. The maximum atomic E-state index is 13.5. The van der Waals surface area contributed by atoms with Crippen LogP contribution < -0.4 is 10.0 Å². The van der Waals surface area contributed by atoms with Crippen LogP contribution in [0.25, 0.3) is 0 Å². The first-order valence-corrected chi connectivity index (χ1v) is 9.83. The van der Waals surface area contributed by atoms with Crippen molar-refractivity contribution >= 4 is 21.8 Å². The lowest BCUT2D eigenvalue weighted by atomic mass is 10.2. The van der Waals surface area contributed by atoms with Crippen LogP contribution >= 0.6 is 11.8 Å². The number of benzene rings is 1. The van der Waals surface area contributed by atoms with Gasteiger partial charge >= 0.3 is 0 Å². The highest BCUT2D eigenvalue weighted by Gasteiger charge is 2.24. The number of rotatable bonds is 8. The molecule has 1 aromatic carbocycles. The van der Waals surface area contributed by atoms with Crippen molar-refractivity contribution in [3.8, 4) is 0 Å². The van der Waals surface area contributed by atoms with E-state index in [2.05, 4.69) is 10.0 Å². The Hall–Kier alpha value is -0.630. The Labute approximate surface area is 129 Å². The summed E-state index contributed by atoms with van der Waals surface area (Å²) < 4.78 is 40.9. The molecule has 1 aliphatic carbocycles. The summed E-state index contributed by atoms with van der Waals surface area (Å²) in [4.78, 5) is 0.0311. The van der Waals surface area contributed by atoms with Crippen molar-refractivity contribution in [1.29, 1.82) is 0 Å². The second-order valence-corrected chi connectivity index (χ2v) is 7.98. The van der Waals surface area contributed by atoms with Crippen LogP contribution in [0.2, 0.25) is 0 Å². The van der Waals surface area contributed by atoms with Crippen LogP contribution in [0.3, 0.4) is 0 Å². The van der Waals surface area contributed by atoms with Crippen molar-refractivity contribution in [2.24, 2.45) is 0 Å². The highest BCUT2D eigenvalue weighted by atomic mass is 32.2. The molecule has 0 spiro atoms. The summed E-state index contributed by atoms with van der Waals surface area (Å²) in [5.41, 5.74) is 0.604. The summed E-state index contributed by atoms with van der Waals surface area (Å²) in [5, 5.41) is 3.26. The second kappa shape index (κ2) is 7.09. The molecule has 118 valence electrons. The molecule has 2 rings (SSSR count). The summed E-state index contributed by atoms with van der Waals surface area (Å²) in [7, 11) is -3.71. The van der Waals surface area contributed by atoms with Crippen LogP contribution in [0.5, 0.6) is 0 Å². The molecule has 0 saturated heterocycles. The Morgan fingerprint density at radius 2 is 2.14 bits per heavy atom. The van der Waals surface area contributed by atoms with Gasteiger partial charge in [0.25, 0.3) is 0 Å². The van der Waals surface area contributed by atoms with Crippen molar-refractivity contribution in [3.63, 3.8) is 0 Å². The van der Waals surface area contributed by atoms with Crippen LogP contribution in [0, 0.1) is 5.82 Å². The normalized spacial score (nSPS) is 16.9. The van der Waals surface area contributed by atoms with E-state index in [1.165, 1.54) is 6.07 Å². The van der Waals surface area contributed by atoms with Crippen LogP contribution in [-0.2, 0) is 16.6 Å². The lowest BCUT2D eigenvalue weighted by molar-refractivity contribution is 0.563. The van der Waals surface area contributed by atoms with Crippen molar-refractivity contribution in [1.82, 2.24) is 10.0 Å². The molecule has 1 unspecified atom stereocenters. The van der Waals surface area contributed by atoms with Gasteiger partial charge in [-0.05, 0) is 43.7 Å². The molecule has 21 heavy (non-hydrogen) atoms. The molecule has 4 nitrogen and oxygen atoms in total. The minimum atomic E-state index is -3.71. The molecule has 1 aliphatic rings. The third kappa shape index (κ3) is 4.95. The topological polar surface area (TPSA) is 58.2 Å². The van der Waals surface area contributed by atoms with Gasteiger partial charge in [0, 0.05) is 24.4 Å². The number of hydrogen-bond acceptors (Lipinski definition) is 4. The summed E-state index contributed by atoms with van der Waals surface area (Å²) in [6.45, 7) is 2.24. The van der Waals surface area contributed by atoms with Crippen molar-refractivity contribution in [2.75, 3.05) is 12.0 Å². The van der Waals surface area contributed by atoms with Crippen LogP contribution in [-0.4, -0.2) is 32.5 Å². The summed E-state index contributed by atoms with van der Waals surface area (Å²) in [6.07, 6.45) is 4.15. The molecule has 0 radical (unpaired) electrons. The average molecular weight is 332 g/mol. The first-order valence-electron chi connectivity index (χ1n) is 6.95. The van der Waals surface area contributed by atoms with Crippen LogP contribution in [0.4, 0.5) is 4.39 Å². The van der Waals surface area contributed by atoms with Gasteiger partial charge in [-0.2, -0.15) is 11.8 Å². The zero-order valence-electron chi connectivity index (χ0n) is 12.2. The van der Waals surface area contributed by atoms with E-state index in [1.807, 2.05) is 6.26 Å². The molecule has 7 heteroatoms. The Bertz CT molecular complexity index is 589. The summed E-state index contributed by atoms with van der Waals surface area (Å²) in [5.74, 6) is 0.132. The first kappa shape index (κ1) is 16.7. The molecular weight excluding hydrogens is 311 g/mol. The predicted octanol–water partition coefficient (Wildman–Crippen LogP) is 2.11. The number of halogens is 1. The fraction of sp³-hybridized carbons (Fsp3) is 0.571. The van der Waals surface area contributed by atoms with E-state index in [4.69, 9.17) is 0 Å². The Morgan fingerprint density at radius 3 is 2.76 bits per heavy atom. The lowest BCUT2D eigenvalue weighted by Crippen LogP contribution is -2.35. The zero-order chi connectivity index (χ0) is 15.5. The van der Waals surface area contributed by atoms with E-state index >= 15 is 0 Å². The molecule has 0 aliphatic heterocycles. The minimum Gasteiger partial charge on any atom is -0.310 e. The van der Waals surface area contributed by atoms with Crippen molar-refractivity contribution in [2.45, 2.75) is 43.3 Å². The van der Waals surface area contributed by atoms with E-state index in [0.717, 1.165) is 18.9 Å². The first-order chi connectivity index (χ1) is 9.92. The maximum Gasteiger partial charge on any atom is 0.241 e. The monoisotopic (exact) mass is 332 g/mol. The molecule has 0 heterocycles. The fourth-order valence-electron chi connectivity index (χ4n) is 2.08. The molecule has 1 saturated carbocycles. The van der Waals surface area contributed by atoms with Gasteiger partial charge in [-0.3, -0.25) is 0 Å². The minimum absolute atomic E-state index is 0.0311. The highest BCUT2D eigenvalue weighted by Crippen LogP contribution is 2.22. The second-order valence-electron chi connectivity index (χ2n) is 5.38. The van der Waals surface area contributed by atoms with Gasteiger partial charge in [0.2, 0.25) is 10.0 Å². The van der Waals surface area contributed by atoms with Gasteiger partial charge in [0.15, 0.2) is 0 Å². The van der Waals surface area contributed by atoms with Gasteiger partial charge in [0.1, 0.15) is 5.82 Å². The molecule has 0 amide bonds. The van der Waals surface area contributed by atoms with Crippen LogP contribution in [0.15, 0.2) is 23.1 Å². The molecule has 1 atom stereocenters. The third-order valence-electron chi connectivity index (χ3n) is 3.25. The standard InChI is InChI=1S/C14H21FN2O2S2/c1-10(9-20-2)17-21(18,19)14-7-12(15)4-3-11(14)8-16-13-5-6-13/h3-4,7,10,13,16-17H,5-6,8-9H2,1-2H3. The fourth-order valence-corrected chi connectivity index (χ4v) is 4.26. The van der Waals surface area contributed by atoms with E-state index in [1.54, 1.807) is 24.8 Å². The average Bonchev–Trinajstić information content (AvgIpc) is 3.21. The highest BCUT2D eigenvalue weighted by molar-refractivity contribution is 7.98. The maximum absolute atomic E-state index is 13.5. The van der Waals surface area contributed by atoms with Gasteiger partial charge in [-0.25, -0.2) is 17.5 Å². The van der Waals surface area contributed by atoms with Crippen LogP contribution in [0.1, 0.15) is 25.3 Å². The molecule has 0 aromatic heterocycles. The smallest absolute Gasteiger partial charge is 0.241 e. The quantitative estimate of drug-likeness (QED) is 0.765. The molecular formula is C14H21FN2O2S2. The molecule has 0 bridgehead atoms. The van der Waals surface area contributed by atoms with E-state index in [0.29, 0.717) is 23.9 Å². The van der Waals surface area contributed by atoms with Gasteiger partial charge in [0.05, 0.1) is 4.90 Å². The number of sulfonamides is 1. The summed E-state index contributed by atoms with van der Waals surface area (Å²) >= 11 is 1.56. The van der Waals surface area contributed by atoms with Gasteiger partial charge in [-0.1, -0.05) is 6.07 Å². The number of thioether (sulfide) groups is 1. The van der Waals surface area contributed by atoms with Gasteiger partial charge in [-0.15, -0.1) is 0 Å². The third-order valence-corrected chi connectivity index (χ3v) is 5.76. The largest absolute Gasteiger partial charge is 0.310 e. The molecule has 1 aromatic rings. The Kier molecular flexibility index (Phi) is 5.65. The zero-order valence-corrected chi connectivity index (χ0v) is 13.9. The van der Waals surface area contributed by atoms with E-state index in [-0.39, 0.29) is 10.9 Å². The molecule has 1 fully saturated rings. The van der Waals surface area contributed by atoms with Crippen molar-refractivity contribution < 1.29 is 12.8 Å². The lowest BCUT2D eigenvalue weighted by Gasteiger charge is -2.16. The van der Waals surface area contributed by atoms with E-state index in [9.17, 15) is 12.8 Å². The van der Waals surface area contributed by atoms with E-state index < -0.39 is 15.8 Å². The number of hydrogen-bond donors (Lipinski definition) is 2. The Morgan fingerprint density at radius 1 is 1.43 bits per heavy atom. The SMILES string of the molecule is CSCC(C)NS(=O)(=O)c1cc(F)ccc1CNC1CC1. The van der Waals surface area contributed by atoms with Gasteiger partial charge < -0.3 is 5.32 Å². The van der Waals surface area contributed by atoms with Crippen molar-refractivity contribution in [3.05, 3.63) is 29.6 Å². The summed E-state index contributed by atoms with van der Waals surface area (Å²) in [6, 6.07) is 4.21. The molecule has 2 N–H and O–H groups in total. The predicted molar refractivity (Wildman–Crippen MR) is 84.4 cm³/mol.